The van der Waals surface area contributed by atoms with Crippen LogP contribution in [0.1, 0.15) is 51.5 Å². The Labute approximate surface area is 181 Å². The molecule has 4 heterocycles. The van der Waals surface area contributed by atoms with Gasteiger partial charge in [0.25, 0.3) is 0 Å². The summed E-state index contributed by atoms with van der Waals surface area (Å²) in [5.74, 6) is 0.125. The molecule has 2 fully saturated rings. The molecular weight excluding hydrogens is 396 g/mol. The number of carbonyl (C=O) groups is 1. The molecule has 2 aromatic rings. The number of ether oxygens (including phenoxy) is 1. The molecule has 3 aliphatic rings. The van der Waals surface area contributed by atoms with Crippen molar-refractivity contribution in [1.29, 1.82) is 0 Å². The minimum absolute atomic E-state index is 0.0118. The van der Waals surface area contributed by atoms with Crippen molar-refractivity contribution in [3.63, 3.8) is 0 Å². The molecule has 0 unspecified atom stereocenters. The monoisotopic (exact) mass is 426 g/mol. The highest BCUT2D eigenvalue weighted by Gasteiger charge is 2.53. The summed E-state index contributed by atoms with van der Waals surface area (Å²) < 4.78 is 7.44. The first kappa shape index (κ1) is 20.2. The molecule has 2 aromatic heterocycles. The predicted molar refractivity (Wildman–Crippen MR) is 117 cm³/mol. The van der Waals surface area contributed by atoms with Crippen LogP contribution in [0.25, 0.3) is 11.0 Å². The fourth-order valence-electron chi connectivity index (χ4n) is 4.91. The third kappa shape index (κ3) is 3.64. The second-order valence-corrected chi connectivity index (χ2v) is 8.76. The van der Waals surface area contributed by atoms with Gasteiger partial charge in [0.15, 0.2) is 5.65 Å². The van der Waals surface area contributed by atoms with Crippen molar-refractivity contribution < 1.29 is 14.4 Å². The first-order valence-electron chi connectivity index (χ1n) is 11.3. The van der Waals surface area contributed by atoms with Crippen molar-refractivity contribution in [3.8, 4) is 0 Å². The molecule has 166 valence electrons. The lowest BCUT2D eigenvalue weighted by Gasteiger charge is -2.41. The number of hydrogen-bond donors (Lipinski definition) is 2. The van der Waals surface area contributed by atoms with Crippen molar-refractivity contribution in [2.45, 2.75) is 64.1 Å². The van der Waals surface area contributed by atoms with Crippen molar-refractivity contribution in [2.75, 3.05) is 25.1 Å². The SMILES string of the molecule is CCNC(=O)C1CC2(CC(c3cnc4c(cnn4CC)c3NC3CCOCC3)=NO2)C1. The van der Waals surface area contributed by atoms with Crippen molar-refractivity contribution in [3.05, 3.63) is 18.0 Å². The molecule has 31 heavy (non-hydrogen) atoms. The van der Waals surface area contributed by atoms with E-state index in [-0.39, 0.29) is 17.4 Å². The van der Waals surface area contributed by atoms with Gasteiger partial charge < -0.3 is 20.2 Å². The Kier molecular flexibility index (Phi) is 5.29. The summed E-state index contributed by atoms with van der Waals surface area (Å²) in [4.78, 5) is 22.7. The van der Waals surface area contributed by atoms with E-state index in [4.69, 9.17) is 14.6 Å². The molecule has 0 radical (unpaired) electrons. The van der Waals surface area contributed by atoms with Crippen molar-refractivity contribution >= 4 is 28.3 Å². The third-order valence-electron chi connectivity index (χ3n) is 6.64. The molecule has 1 saturated carbocycles. The lowest BCUT2D eigenvalue weighted by Crippen LogP contribution is -2.50. The lowest BCUT2D eigenvalue weighted by atomic mass is 9.68. The van der Waals surface area contributed by atoms with Crippen LogP contribution in [-0.2, 0) is 20.9 Å². The number of rotatable bonds is 6. The highest BCUT2D eigenvalue weighted by molar-refractivity contribution is 6.11. The quantitative estimate of drug-likeness (QED) is 0.736. The number of aromatic nitrogens is 3. The summed E-state index contributed by atoms with van der Waals surface area (Å²) in [7, 11) is 0. The lowest BCUT2D eigenvalue weighted by molar-refractivity contribution is -0.147. The number of hydrogen-bond acceptors (Lipinski definition) is 7. The summed E-state index contributed by atoms with van der Waals surface area (Å²) in [5, 5.41) is 16.6. The van der Waals surface area contributed by atoms with Crippen LogP contribution in [0.3, 0.4) is 0 Å². The van der Waals surface area contributed by atoms with Crippen LogP contribution >= 0.6 is 0 Å². The molecule has 1 spiro atoms. The van der Waals surface area contributed by atoms with Crippen LogP contribution in [0.4, 0.5) is 5.69 Å². The average molecular weight is 427 g/mol. The number of carbonyl (C=O) groups excluding carboxylic acids is 1. The number of nitrogens with one attached hydrogen (secondary N) is 2. The summed E-state index contributed by atoms with van der Waals surface area (Å²) in [5.41, 5.74) is 3.39. The van der Waals surface area contributed by atoms with Gasteiger partial charge in [-0.3, -0.25) is 4.79 Å². The Balaban J connectivity index is 1.40. The molecular formula is C22H30N6O3. The predicted octanol–water partition coefficient (Wildman–Crippen LogP) is 2.45. The van der Waals surface area contributed by atoms with Crippen LogP contribution < -0.4 is 10.6 Å². The van der Waals surface area contributed by atoms with Crippen LogP contribution in [-0.4, -0.2) is 57.8 Å². The van der Waals surface area contributed by atoms with Crippen LogP contribution in [0, 0.1) is 5.92 Å². The van der Waals surface area contributed by atoms with Gasteiger partial charge in [0.1, 0.15) is 5.60 Å². The molecule has 2 aliphatic heterocycles. The Morgan fingerprint density at radius 3 is 2.81 bits per heavy atom. The normalized spacial score (nSPS) is 25.9. The number of anilines is 1. The van der Waals surface area contributed by atoms with E-state index in [1.807, 2.05) is 24.0 Å². The van der Waals surface area contributed by atoms with E-state index in [0.717, 1.165) is 60.6 Å². The third-order valence-corrected chi connectivity index (χ3v) is 6.64. The first-order valence-corrected chi connectivity index (χ1v) is 11.3. The zero-order chi connectivity index (χ0) is 21.4. The number of fused-ring (bicyclic) bond motifs is 1. The largest absolute Gasteiger partial charge is 0.388 e. The van der Waals surface area contributed by atoms with E-state index in [1.54, 1.807) is 0 Å². The summed E-state index contributed by atoms with van der Waals surface area (Å²) in [6.45, 7) is 6.96. The van der Waals surface area contributed by atoms with Gasteiger partial charge in [0, 0.05) is 69.3 Å². The topological polar surface area (TPSA) is 103 Å². The number of oxime groups is 1. The molecule has 1 saturated heterocycles. The molecule has 2 N–H and O–H groups in total. The van der Waals surface area contributed by atoms with Crippen LogP contribution in [0.15, 0.2) is 17.5 Å². The molecule has 1 amide bonds. The second-order valence-electron chi connectivity index (χ2n) is 8.76. The minimum Gasteiger partial charge on any atom is -0.388 e. The van der Waals surface area contributed by atoms with E-state index in [0.29, 0.717) is 31.8 Å². The van der Waals surface area contributed by atoms with E-state index in [1.165, 1.54) is 0 Å². The molecule has 0 atom stereocenters. The smallest absolute Gasteiger partial charge is 0.223 e. The number of aryl methyl sites for hydroxylation is 1. The highest BCUT2D eigenvalue weighted by Crippen LogP contribution is 2.48. The molecule has 9 nitrogen and oxygen atoms in total. The molecule has 1 aliphatic carbocycles. The van der Waals surface area contributed by atoms with Gasteiger partial charge in [-0.1, -0.05) is 5.16 Å². The maximum atomic E-state index is 12.1. The number of amides is 1. The zero-order valence-electron chi connectivity index (χ0n) is 18.2. The Morgan fingerprint density at radius 2 is 2.06 bits per heavy atom. The minimum atomic E-state index is -0.358. The zero-order valence-corrected chi connectivity index (χ0v) is 18.2. The van der Waals surface area contributed by atoms with E-state index < -0.39 is 0 Å². The van der Waals surface area contributed by atoms with Crippen LogP contribution in [0.5, 0.6) is 0 Å². The first-order chi connectivity index (χ1) is 15.1. The maximum absolute atomic E-state index is 12.1. The van der Waals surface area contributed by atoms with E-state index in [2.05, 4.69) is 27.8 Å². The molecule has 5 rings (SSSR count). The van der Waals surface area contributed by atoms with Gasteiger partial charge in [-0.2, -0.15) is 5.10 Å². The molecule has 0 aromatic carbocycles. The van der Waals surface area contributed by atoms with Gasteiger partial charge in [-0.05, 0) is 26.7 Å². The Morgan fingerprint density at radius 1 is 1.26 bits per heavy atom. The second kappa shape index (κ2) is 8.11. The van der Waals surface area contributed by atoms with Gasteiger partial charge in [-0.15, -0.1) is 0 Å². The van der Waals surface area contributed by atoms with Gasteiger partial charge in [0.05, 0.1) is 23.0 Å². The van der Waals surface area contributed by atoms with Gasteiger partial charge in [0.2, 0.25) is 5.91 Å². The van der Waals surface area contributed by atoms with E-state index in [9.17, 15) is 4.79 Å². The standard InChI is InChI=1S/C22H30N6O3/c1-3-23-21(29)14-9-22(10-14)11-18(27-31-22)16-12-24-20-17(13-25-28(20)4-2)19(16)26-15-5-7-30-8-6-15/h12-15H,3-11H2,1-2H3,(H,23,29)(H,24,26). The van der Waals surface area contributed by atoms with Crippen LogP contribution in [0.2, 0.25) is 0 Å². The van der Waals surface area contributed by atoms with Crippen molar-refractivity contribution in [2.24, 2.45) is 11.1 Å². The average Bonchev–Trinajstić information content (AvgIpc) is 3.38. The fourth-order valence-corrected chi connectivity index (χ4v) is 4.91. The molecule has 0 bridgehead atoms. The highest BCUT2D eigenvalue weighted by atomic mass is 16.7. The van der Waals surface area contributed by atoms with Crippen molar-refractivity contribution in [1.82, 2.24) is 20.1 Å². The van der Waals surface area contributed by atoms with Gasteiger partial charge in [-0.25, -0.2) is 9.67 Å². The number of nitrogens with zero attached hydrogens (tertiary/aromatic N) is 4. The summed E-state index contributed by atoms with van der Waals surface area (Å²) >= 11 is 0. The Bertz CT molecular complexity index is 1000. The maximum Gasteiger partial charge on any atom is 0.223 e. The summed E-state index contributed by atoms with van der Waals surface area (Å²) in [6.07, 6.45) is 7.81. The molecule has 9 heteroatoms. The number of pyridine rings is 1. The Hall–Kier alpha value is -2.68. The van der Waals surface area contributed by atoms with Gasteiger partial charge >= 0.3 is 0 Å². The summed E-state index contributed by atoms with van der Waals surface area (Å²) in [6, 6.07) is 0.339. The fraction of sp³-hybridized carbons (Fsp3) is 0.636. The van der Waals surface area contributed by atoms with E-state index >= 15 is 0 Å².